The molecule has 5 heteroatoms. The first-order chi connectivity index (χ1) is 7.15. The van der Waals surface area contributed by atoms with Crippen LogP contribution < -0.4 is 4.74 Å². The van der Waals surface area contributed by atoms with Crippen LogP contribution in [0.1, 0.15) is 22.5 Å². The first-order valence-electron chi connectivity index (χ1n) is 4.59. The number of hydrogen-bond donors (Lipinski definition) is 2. The maximum Gasteiger partial charge on any atom is 0.337 e. The molecule has 0 fully saturated rings. The van der Waals surface area contributed by atoms with Gasteiger partial charge in [0.25, 0.3) is 0 Å². The van der Waals surface area contributed by atoms with Crippen molar-refractivity contribution in [1.29, 1.82) is 0 Å². The number of aliphatic hydroxyl groups is 1. The van der Waals surface area contributed by atoms with Gasteiger partial charge in [0.1, 0.15) is 0 Å². The zero-order valence-corrected chi connectivity index (χ0v) is 8.43. The Morgan fingerprint density at radius 2 is 2.27 bits per heavy atom. The molecule has 2 N–H and O–H groups in total. The van der Waals surface area contributed by atoms with E-state index in [1.807, 2.05) is 0 Å². The summed E-state index contributed by atoms with van der Waals surface area (Å²) in [6.45, 7) is 2.05. The van der Waals surface area contributed by atoms with Crippen LogP contribution in [0.4, 0.5) is 0 Å². The largest absolute Gasteiger partial charge is 0.478 e. The summed E-state index contributed by atoms with van der Waals surface area (Å²) >= 11 is 0. The Bertz CT molecular complexity index is 351. The van der Waals surface area contributed by atoms with Crippen molar-refractivity contribution in [2.75, 3.05) is 13.2 Å². The molecular weight excluding hydrogens is 198 g/mol. The molecule has 15 heavy (non-hydrogen) atoms. The second-order valence-electron chi connectivity index (χ2n) is 3.01. The summed E-state index contributed by atoms with van der Waals surface area (Å²) in [4.78, 5) is 14.7. The third-order valence-corrected chi connectivity index (χ3v) is 1.84. The molecule has 1 aromatic heterocycles. The van der Waals surface area contributed by atoms with E-state index in [9.17, 15) is 4.79 Å². The molecule has 0 aromatic carbocycles. The summed E-state index contributed by atoms with van der Waals surface area (Å²) in [5, 5.41) is 17.3. The van der Waals surface area contributed by atoms with Gasteiger partial charge < -0.3 is 14.9 Å². The van der Waals surface area contributed by atoms with Crippen molar-refractivity contribution in [3.63, 3.8) is 0 Å². The lowest BCUT2D eigenvalue weighted by Crippen LogP contribution is -2.05. The first-order valence-corrected chi connectivity index (χ1v) is 4.59. The van der Waals surface area contributed by atoms with Crippen LogP contribution >= 0.6 is 0 Å². The van der Waals surface area contributed by atoms with Gasteiger partial charge in [0.05, 0.1) is 17.9 Å². The van der Waals surface area contributed by atoms with Crippen LogP contribution in [0.3, 0.4) is 0 Å². The van der Waals surface area contributed by atoms with E-state index in [4.69, 9.17) is 14.9 Å². The first kappa shape index (κ1) is 11.5. The molecule has 1 aromatic rings. The lowest BCUT2D eigenvalue weighted by Gasteiger charge is -2.06. The zero-order valence-electron chi connectivity index (χ0n) is 8.43. The van der Waals surface area contributed by atoms with Crippen molar-refractivity contribution in [3.05, 3.63) is 23.4 Å². The highest BCUT2D eigenvalue weighted by atomic mass is 16.5. The number of aromatic nitrogens is 1. The van der Waals surface area contributed by atoms with E-state index in [1.165, 1.54) is 12.1 Å². The third-order valence-electron chi connectivity index (χ3n) is 1.84. The van der Waals surface area contributed by atoms with Crippen molar-refractivity contribution in [2.45, 2.75) is 13.3 Å². The number of aryl methyl sites for hydroxylation is 1. The van der Waals surface area contributed by atoms with Gasteiger partial charge >= 0.3 is 5.97 Å². The maximum atomic E-state index is 10.7. The highest BCUT2D eigenvalue weighted by Crippen LogP contribution is 2.12. The van der Waals surface area contributed by atoms with Crippen molar-refractivity contribution >= 4 is 5.97 Å². The van der Waals surface area contributed by atoms with Gasteiger partial charge in [-0.15, -0.1) is 0 Å². The summed E-state index contributed by atoms with van der Waals surface area (Å²) in [6.07, 6.45) is 0.529. The summed E-state index contributed by atoms with van der Waals surface area (Å²) in [6, 6.07) is 2.97. The van der Waals surface area contributed by atoms with Crippen LogP contribution in [0, 0.1) is 6.92 Å². The molecule has 0 saturated heterocycles. The molecule has 0 unspecified atom stereocenters. The smallest absolute Gasteiger partial charge is 0.337 e. The number of hydrogen-bond acceptors (Lipinski definition) is 4. The van der Waals surface area contributed by atoms with Crippen molar-refractivity contribution in [3.8, 4) is 5.88 Å². The highest BCUT2D eigenvalue weighted by molar-refractivity contribution is 5.88. The predicted molar refractivity (Wildman–Crippen MR) is 53.1 cm³/mol. The second-order valence-corrected chi connectivity index (χ2v) is 3.01. The Labute approximate surface area is 87.3 Å². The molecule has 1 rings (SSSR count). The van der Waals surface area contributed by atoms with Crippen LogP contribution in [0.25, 0.3) is 0 Å². The Hall–Kier alpha value is -1.62. The molecule has 82 valence electrons. The minimum Gasteiger partial charge on any atom is -0.478 e. The molecule has 0 aliphatic rings. The van der Waals surface area contributed by atoms with E-state index in [2.05, 4.69) is 4.98 Å². The summed E-state index contributed by atoms with van der Waals surface area (Å²) in [7, 11) is 0. The van der Waals surface area contributed by atoms with Crippen LogP contribution in [0.2, 0.25) is 0 Å². The van der Waals surface area contributed by atoms with E-state index < -0.39 is 5.97 Å². The van der Waals surface area contributed by atoms with Crippen molar-refractivity contribution < 1.29 is 19.7 Å². The quantitative estimate of drug-likeness (QED) is 0.706. The van der Waals surface area contributed by atoms with Gasteiger partial charge in [0.2, 0.25) is 5.88 Å². The Morgan fingerprint density at radius 3 is 2.80 bits per heavy atom. The number of aliphatic hydroxyl groups excluding tert-OH is 1. The van der Waals surface area contributed by atoms with Crippen LogP contribution in [-0.2, 0) is 0 Å². The molecule has 1 heterocycles. The number of ether oxygens (including phenoxy) is 1. The average molecular weight is 211 g/mol. The zero-order chi connectivity index (χ0) is 11.3. The average Bonchev–Trinajstić information content (AvgIpc) is 2.17. The van der Waals surface area contributed by atoms with E-state index in [0.717, 1.165) is 0 Å². The van der Waals surface area contributed by atoms with Gasteiger partial charge in [0, 0.05) is 19.1 Å². The van der Waals surface area contributed by atoms with Gasteiger partial charge in [-0.1, -0.05) is 0 Å². The fraction of sp³-hybridized carbons (Fsp3) is 0.400. The molecule has 0 bridgehead atoms. The minimum atomic E-state index is -0.998. The van der Waals surface area contributed by atoms with E-state index in [-0.39, 0.29) is 12.2 Å². The van der Waals surface area contributed by atoms with Crippen LogP contribution in [0.15, 0.2) is 12.1 Å². The number of carboxylic acids is 1. The summed E-state index contributed by atoms with van der Waals surface area (Å²) in [5.74, 6) is -0.618. The lowest BCUT2D eigenvalue weighted by atomic mass is 10.2. The molecular formula is C10H13NO4. The number of aromatic carboxylic acids is 1. The van der Waals surface area contributed by atoms with E-state index in [0.29, 0.717) is 24.6 Å². The second kappa shape index (κ2) is 5.31. The number of carboxylic acid groups (broad SMARTS) is 1. The summed E-state index contributed by atoms with van der Waals surface area (Å²) in [5.41, 5.74) is 0.591. The standard InChI is InChI=1S/C10H13NO4/c1-7-8(10(13)14)3-4-9(11-7)15-6-2-5-12/h3-4,12H,2,5-6H2,1H3,(H,13,14). The highest BCUT2D eigenvalue weighted by Gasteiger charge is 2.08. The fourth-order valence-corrected chi connectivity index (χ4v) is 1.09. The van der Waals surface area contributed by atoms with Crippen molar-refractivity contribution in [1.82, 2.24) is 4.98 Å². The minimum absolute atomic E-state index is 0.0617. The molecule has 0 aliphatic carbocycles. The molecule has 0 radical (unpaired) electrons. The molecule has 0 atom stereocenters. The predicted octanol–water partition coefficient (Wildman–Crippen LogP) is 0.849. The lowest BCUT2D eigenvalue weighted by molar-refractivity contribution is 0.0695. The monoisotopic (exact) mass is 211 g/mol. The summed E-state index contributed by atoms with van der Waals surface area (Å²) < 4.78 is 5.20. The van der Waals surface area contributed by atoms with Crippen LogP contribution in [0.5, 0.6) is 5.88 Å². The number of pyridine rings is 1. The normalized spacial score (nSPS) is 10.0. The van der Waals surface area contributed by atoms with Crippen LogP contribution in [-0.4, -0.2) is 34.4 Å². The fourth-order valence-electron chi connectivity index (χ4n) is 1.09. The Morgan fingerprint density at radius 1 is 1.53 bits per heavy atom. The van der Waals surface area contributed by atoms with Gasteiger partial charge in [-0.25, -0.2) is 9.78 Å². The molecule has 0 spiro atoms. The SMILES string of the molecule is Cc1nc(OCCCO)ccc1C(=O)O. The van der Waals surface area contributed by atoms with E-state index >= 15 is 0 Å². The molecule has 0 amide bonds. The maximum absolute atomic E-state index is 10.7. The Balaban J connectivity index is 2.69. The Kier molecular flexibility index (Phi) is 4.05. The van der Waals surface area contributed by atoms with Gasteiger partial charge in [-0.2, -0.15) is 0 Å². The molecule has 0 aliphatic heterocycles. The van der Waals surface area contributed by atoms with Crippen molar-refractivity contribution in [2.24, 2.45) is 0 Å². The topological polar surface area (TPSA) is 79.7 Å². The number of carbonyl (C=O) groups is 1. The number of nitrogens with zero attached hydrogens (tertiary/aromatic N) is 1. The van der Waals surface area contributed by atoms with Gasteiger partial charge in [-0.3, -0.25) is 0 Å². The molecule has 0 saturated carbocycles. The third kappa shape index (κ3) is 3.21. The van der Waals surface area contributed by atoms with E-state index in [1.54, 1.807) is 6.92 Å². The number of rotatable bonds is 5. The molecule has 5 nitrogen and oxygen atoms in total. The van der Waals surface area contributed by atoms with Gasteiger partial charge in [0.15, 0.2) is 0 Å². The van der Waals surface area contributed by atoms with Gasteiger partial charge in [-0.05, 0) is 13.0 Å².